The minimum absolute atomic E-state index is 0.0571. The number of Topliss-reactive ketones (excluding diaryl/α,β-unsaturated/α-hetero) is 1. The van der Waals surface area contributed by atoms with E-state index < -0.39 is 17.7 Å². The number of nitrogens with two attached hydrogens (primary N) is 1. The second-order valence-corrected chi connectivity index (χ2v) is 10.4. The molecule has 0 unspecified atom stereocenters. The summed E-state index contributed by atoms with van der Waals surface area (Å²) in [7, 11) is 0. The van der Waals surface area contributed by atoms with Crippen LogP contribution in [0.15, 0.2) is 59.1 Å². The van der Waals surface area contributed by atoms with E-state index in [1.165, 1.54) is 34.4 Å². The van der Waals surface area contributed by atoms with E-state index in [0.717, 1.165) is 15.8 Å². The minimum Gasteiger partial charge on any atom is -0.384 e. The summed E-state index contributed by atoms with van der Waals surface area (Å²) in [6, 6.07) is 11.1. The predicted octanol–water partition coefficient (Wildman–Crippen LogP) is 6.37. The Balaban J connectivity index is 1.97. The number of carbonyl (C=O) groups is 1. The van der Waals surface area contributed by atoms with Gasteiger partial charge in [-0.2, -0.15) is 18.4 Å². The molecule has 1 aromatic heterocycles. The van der Waals surface area contributed by atoms with Crippen molar-refractivity contribution in [2.24, 2.45) is 5.73 Å². The van der Waals surface area contributed by atoms with E-state index in [1.54, 1.807) is 0 Å². The van der Waals surface area contributed by atoms with Gasteiger partial charge in [0, 0.05) is 27.4 Å². The van der Waals surface area contributed by atoms with E-state index in [0.29, 0.717) is 30.5 Å². The van der Waals surface area contributed by atoms with Crippen molar-refractivity contribution in [3.63, 3.8) is 0 Å². The molecular formula is C25H24F3N3OS. The van der Waals surface area contributed by atoms with Crippen LogP contribution in [0.2, 0.25) is 0 Å². The molecule has 4 rings (SSSR count). The van der Waals surface area contributed by atoms with Gasteiger partial charge in [-0.1, -0.05) is 32.9 Å². The maximum atomic E-state index is 13.8. The molecule has 1 aliphatic carbocycles. The lowest BCUT2D eigenvalue weighted by Gasteiger charge is -2.40. The predicted molar refractivity (Wildman–Crippen MR) is 122 cm³/mol. The van der Waals surface area contributed by atoms with Crippen LogP contribution in [0.5, 0.6) is 0 Å². The molecule has 1 atom stereocenters. The topological polar surface area (TPSA) is 70.1 Å². The first-order valence-electron chi connectivity index (χ1n) is 10.7. The highest BCUT2D eigenvalue weighted by atomic mass is 32.1. The van der Waals surface area contributed by atoms with Crippen LogP contribution in [-0.4, -0.2) is 5.78 Å². The number of para-hydroxylation sites is 1. The number of allylic oxidation sites excluding steroid dienone is 3. The van der Waals surface area contributed by atoms with Crippen molar-refractivity contribution < 1.29 is 18.0 Å². The monoisotopic (exact) mass is 471 g/mol. The summed E-state index contributed by atoms with van der Waals surface area (Å²) in [6.07, 6.45) is -3.40. The van der Waals surface area contributed by atoms with Crippen LogP contribution in [-0.2, 0) is 16.4 Å². The zero-order valence-corrected chi connectivity index (χ0v) is 19.4. The summed E-state index contributed by atoms with van der Waals surface area (Å²) in [5, 5.41) is 10.1. The van der Waals surface area contributed by atoms with Gasteiger partial charge >= 0.3 is 6.18 Å². The van der Waals surface area contributed by atoms with E-state index in [2.05, 4.69) is 26.8 Å². The fourth-order valence-corrected chi connectivity index (χ4v) is 5.65. The van der Waals surface area contributed by atoms with Crippen LogP contribution in [0.3, 0.4) is 0 Å². The largest absolute Gasteiger partial charge is 0.418 e. The van der Waals surface area contributed by atoms with Crippen molar-refractivity contribution in [1.29, 1.82) is 5.26 Å². The number of benzene rings is 1. The normalized spacial score (nSPS) is 19.6. The lowest BCUT2D eigenvalue weighted by atomic mass is 9.78. The number of hydrogen-bond donors (Lipinski definition) is 1. The maximum absolute atomic E-state index is 13.8. The van der Waals surface area contributed by atoms with Crippen LogP contribution in [0.1, 0.15) is 61.3 Å². The number of ketones is 1. The number of hydrogen-bond acceptors (Lipinski definition) is 5. The first-order chi connectivity index (χ1) is 15.4. The van der Waals surface area contributed by atoms with Crippen LogP contribution in [0.4, 0.5) is 18.9 Å². The number of halogens is 3. The van der Waals surface area contributed by atoms with E-state index >= 15 is 0 Å². The van der Waals surface area contributed by atoms with Gasteiger partial charge in [-0.25, -0.2) is 0 Å². The average molecular weight is 472 g/mol. The second-order valence-electron chi connectivity index (χ2n) is 9.28. The van der Waals surface area contributed by atoms with Crippen LogP contribution < -0.4 is 10.6 Å². The zero-order valence-electron chi connectivity index (χ0n) is 18.6. The highest BCUT2D eigenvalue weighted by Gasteiger charge is 2.43. The van der Waals surface area contributed by atoms with Gasteiger partial charge in [0.2, 0.25) is 0 Å². The first kappa shape index (κ1) is 23.1. The van der Waals surface area contributed by atoms with Crippen molar-refractivity contribution in [2.75, 3.05) is 4.90 Å². The third-order valence-corrected chi connectivity index (χ3v) is 7.59. The highest BCUT2D eigenvalue weighted by Crippen LogP contribution is 2.50. The van der Waals surface area contributed by atoms with Gasteiger partial charge in [-0.15, -0.1) is 11.3 Å². The number of alkyl halides is 3. The van der Waals surface area contributed by atoms with E-state index in [9.17, 15) is 23.2 Å². The van der Waals surface area contributed by atoms with Crippen molar-refractivity contribution in [3.8, 4) is 6.07 Å². The van der Waals surface area contributed by atoms with Crippen molar-refractivity contribution in [1.82, 2.24) is 0 Å². The van der Waals surface area contributed by atoms with Gasteiger partial charge in [-0.05, 0) is 42.5 Å². The third kappa shape index (κ3) is 3.95. The molecule has 1 aromatic carbocycles. The molecule has 0 radical (unpaired) electrons. The molecule has 2 aliphatic rings. The van der Waals surface area contributed by atoms with Gasteiger partial charge < -0.3 is 5.73 Å². The number of rotatable bonds is 2. The molecule has 0 fully saturated rings. The third-order valence-electron chi connectivity index (χ3n) is 6.01. The Hall–Kier alpha value is -3.05. The molecule has 0 saturated carbocycles. The van der Waals surface area contributed by atoms with Crippen LogP contribution in [0.25, 0.3) is 0 Å². The lowest BCUT2D eigenvalue weighted by molar-refractivity contribution is -0.137. The molecular weight excluding hydrogens is 447 g/mol. The molecule has 8 heteroatoms. The lowest BCUT2D eigenvalue weighted by Crippen LogP contribution is -2.39. The van der Waals surface area contributed by atoms with E-state index in [1.807, 2.05) is 12.1 Å². The van der Waals surface area contributed by atoms with Crippen molar-refractivity contribution in [2.45, 2.75) is 57.5 Å². The fourth-order valence-electron chi connectivity index (χ4n) is 4.47. The Labute approximate surface area is 194 Å². The zero-order chi connectivity index (χ0) is 24.1. The average Bonchev–Trinajstić information content (AvgIpc) is 3.23. The summed E-state index contributed by atoms with van der Waals surface area (Å²) >= 11 is 1.50. The Kier molecular flexibility index (Phi) is 5.65. The SMILES string of the molecule is CC(C)(C)c1ccc([C@H]2C(C#N)=C(N)N(c3ccccc3C(F)(F)F)C3=C2C(=O)CCC3)s1. The minimum atomic E-state index is -4.62. The maximum Gasteiger partial charge on any atom is 0.418 e. The molecule has 172 valence electrons. The highest BCUT2D eigenvalue weighted by molar-refractivity contribution is 7.12. The molecule has 2 N–H and O–H groups in total. The van der Waals surface area contributed by atoms with Gasteiger partial charge in [0.25, 0.3) is 0 Å². The van der Waals surface area contributed by atoms with E-state index in [4.69, 9.17) is 5.73 Å². The number of anilines is 1. The summed E-state index contributed by atoms with van der Waals surface area (Å²) in [5.41, 5.74) is 6.21. The summed E-state index contributed by atoms with van der Waals surface area (Å²) in [4.78, 5) is 16.3. The van der Waals surface area contributed by atoms with Gasteiger partial charge in [0.05, 0.1) is 28.8 Å². The Bertz CT molecular complexity index is 1220. The Morgan fingerprint density at radius 1 is 1.12 bits per heavy atom. The second kappa shape index (κ2) is 8.07. The Morgan fingerprint density at radius 3 is 2.42 bits per heavy atom. The van der Waals surface area contributed by atoms with E-state index in [-0.39, 0.29) is 28.3 Å². The van der Waals surface area contributed by atoms with Gasteiger partial charge in [0.15, 0.2) is 5.78 Å². The molecule has 0 amide bonds. The number of nitriles is 1. The number of carbonyl (C=O) groups excluding carboxylic acids is 1. The smallest absolute Gasteiger partial charge is 0.384 e. The summed E-state index contributed by atoms with van der Waals surface area (Å²) < 4.78 is 41.5. The fraction of sp³-hybridized carbons (Fsp3) is 0.360. The quantitative estimate of drug-likeness (QED) is 0.553. The number of nitrogens with zero attached hydrogens (tertiary/aromatic N) is 2. The molecule has 0 saturated heterocycles. The molecule has 2 heterocycles. The summed E-state index contributed by atoms with van der Waals surface area (Å²) in [5.74, 6) is -0.881. The molecule has 33 heavy (non-hydrogen) atoms. The van der Waals surface area contributed by atoms with Gasteiger partial charge in [0.1, 0.15) is 5.82 Å². The van der Waals surface area contributed by atoms with Crippen LogP contribution >= 0.6 is 11.3 Å². The van der Waals surface area contributed by atoms with Crippen LogP contribution in [0, 0.1) is 11.3 Å². The first-order valence-corrected chi connectivity index (χ1v) is 11.5. The van der Waals surface area contributed by atoms with Crippen molar-refractivity contribution in [3.05, 3.63) is 74.4 Å². The molecule has 2 aromatic rings. The van der Waals surface area contributed by atoms with Crippen molar-refractivity contribution >= 4 is 22.8 Å². The molecule has 0 spiro atoms. The summed E-state index contributed by atoms with van der Waals surface area (Å²) in [6.45, 7) is 6.22. The Morgan fingerprint density at radius 2 is 1.82 bits per heavy atom. The standard InChI is InChI=1S/C25H24F3N3OS/c1-24(2,3)20-12-11-19(33-20)21-14(13-29)23(30)31(17-9-6-10-18(32)22(17)21)16-8-5-4-7-15(16)25(26,27)28/h4-5,7-8,11-12,21H,6,9-10,30H2,1-3H3/t21-/m1/s1. The molecule has 0 bridgehead atoms. The molecule has 4 nitrogen and oxygen atoms in total. The number of thiophene rings is 1. The van der Waals surface area contributed by atoms with Gasteiger partial charge in [-0.3, -0.25) is 9.69 Å². The molecule has 1 aliphatic heterocycles.